The average Bonchev–Trinajstić information content (AvgIpc) is 3.23. The van der Waals surface area contributed by atoms with Crippen LogP contribution in [0.4, 0.5) is 0 Å². The quantitative estimate of drug-likeness (QED) is 0.254. The zero-order chi connectivity index (χ0) is 19.4. The van der Waals surface area contributed by atoms with Gasteiger partial charge < -0.3 is 0 Å². The molecule has 0 aliphatic heterocycles. The smallest absolute Gasteiger partial charge is 0.0460 e. The summed E-state index contributed by atoms with van der Waals surface area (Å²) in [5.74, 6) is 0. The maximum absolute atomic E-state index is 2.34. The van der Waals surface area contributed by atoms with Crippen LogP contribution in [0.15, 0.2) is 71.6 Å². The van der Waals surface area contributed by atoms with Gasteiger partial charge in [-0.3, -0.25) is 0 Å². The van der Waals surface area contributed by atoms with Crippen molar-refractivity contribution in [3.63, 3.8) is 0 Å². The second kappa shape index (κ2) is 6.88. The lowest BCUT2D eigenvalue weighted by molar-refractivity contribution is 1.44. The molecule has 140 valence electrons. The van der Waals surface area contributed by atoms with Crippen molar-refractivity contribution in [3.05, 3.63) is 77.2 Å². The van der Waals surface area contributed by atoms with Crippen LogP contribution in [0.5, 0.6) is 0 Å². The Morgan fingerprint density at radius 3 is 2.45 bits per heavy atom. The van der Waals surface area contributed by atoms with Crippen LogP contribution in [0.2, 0.25) is 0 Å². The molecular formula is C26H18S3. The van der Waals surface area contributed by atoms with E-state index in [-0.39, 0.29) is 0 Å². The Hall–Kier alpha value is -2.33. The lowest BCUT2D eigenvalue weighted by atomic mass is 9.98. The second-order valence-electron chi connectivity index (χ2n) is 7.20. The van der Waals surface area contributed by atoms with Gasteiger partial charge in [-0.15, -0.1) is 34.4 Å². The van der Waals surface area contributed by atoms with Crippen molar-refractivity contribution in [1.82, 2.24) is 0 Å². The summed E-state index contributed by atoms with van der Waals surface area (Å²) >= 11 is 5.77. The number of hydrogen-bond acceptors (Lipinski definition) is 3. The molecule has 0 bridgehead atoms. The minimum absolute atomic E-state index is 1.01. The van der Waals surface area contributed by atoms with Gasteiger partial charge in [0.25, 0.3) is 0 Å². The molecule has 0 radical (unpaired) electrons. The molecule has 6 rings (SSSR count). The van der Waals surface area contributed by atoms with Gasteiger partial charge in [0.1, 0.15) is 0 Å². The first-order chi connectivity index (χ1) is 14.4. The highest BCUT2D eigenvalue weighted by molar-refractivity contribution is 7.99. The van der Waals surface area contributed by atoms with Gasteiger partial charge in [0.05, 0.1) is 0 Å². The van der Waals surface area contributed by atoms with Crippen LogP contribution in [0.1, 0.15) is 16.9 Å². The molecular weight excluding hydrogens is 408 g/mol. The fourth-order valence-electron chi connectivity index (χ4n) is 4.34. The van der Waals surface area contributed by atoms with Crippen molar-refractivity contribution in [2.45, 2.75) is 11.3 Å². The fourth-order valence-corrected chi connectivity index (χ4v) is 7.95. The number of benzene rings is 3. The van der Waals surface area contributed by atoms with Crippen molar-refractivity contribution < 1.29 is 0 Å². The summed E-state index contributed by atoms with van der Waals surface area (Å²) in [4.78, 5) is 2.78. The van der Waals surface area contributed by atoms with Crippen LogP contribution in [0.3, 0.4) is 0 Å². The molecule has 2 heterocycles. The Morgan fingerprint density at radius 2 is 1.59 bits per heavy atom. The summed E-state index contributed by atoms with van der Waals surface area (Å²) in [5, 5.41) is 4.23. The highest BCUT2D eigenvalue weighted by Gasteiger charge is 2.23. The molecule has 0 amide bonds. The van der Waals surface area contributed by atoms with Gasteiger partial charge in [-0.2, -0.15) is 0 Å². The summed E-state index contributed by atoms with van der Waals surface area (Å²) in [7, 11) is 0. The van der Waals surface area contributed by atoms with E-state index in [4.69, 9.17) is 0 Å². The molecule has 0 unspecified atom stereocenters. The van der Waals surface area contributed by atoms with E-state index in [1.807, 2.05) is 34.4 Å². The average molecular weight is 427 g/mol. The molecule has 0 spiro atoms. The van der Waals surface area contributed by atoms with Gasteiger partial charge in [-0.1, -0.05) is 66.8 Å². The summed E-state index contributed by atoms with van der Waals surface area (Å²) < 4.78 is 4.22. The zero-order valence-corrected chi connectivity index (χ0v) is 18.4. The number of hydrogen-bond donors (Lipinski definition) is 0. The standard InChI is InChI=1S/C26H18S3/c1-27-24-21(16-10-4-2-5-11-16)25-23(18-12-6-3-7-14-19(18)28-25)26-22(24)17-13-8-9-15-20(17)29-26/h2,4-15H,3H2,1H3. The van der Waals surface area contributed by atoms with Crippen LogP contribution in [-0.2, 0) is 0 Å². The Labute approximate surface area is 182 Å². The number of thioether (sulfide) groups is 1. The Morgan fingerprint density at radius 1 is 0.793 bits per heavy atom. The lowest BCUT2D eigenvalue weighted by Gasteiger charge is -2.13. The van der Waals surface area contributed by atoms with Crippen LogP contribution < -0.4 is 0 Å². The molecule has 0 saturated heterocycles. The van der Waals surface area contributed by atoms with Crippen LogP contribution in [0.25, 0.3) is 53.5 Å². The molecule has 0 fully saturated rings. The molecule has 5 aromatic rings. The maximum atomic E-state index is 2.34. The van der Waals surface area contributed by atoms with Crippen molar-refractivity contribution in [2.24, 2.45) is 0 Å². The van der Waals surface area contributed by atoms with Crippen molar-refractivity contribution in [3.8, 4) is 11.1 Å². The van der Waals surface area contributed by atoms with Gasteiger partial charge in [-0.25, -0.2) is 0 Å². The predicted octanol–water partition coefficient (Wildman–Crippen LogP) is 9.09. The number of fused-ring (bicyclic) bond motifs is 7. The van der Waals surface area contributed by atoms with E-state index in [2.05, 4.69) is 85.2 Å². The van der Waals surface area contributed by atoms with Gasteiger partial charge in [-0.05, 0) is 30.4 Å². The van der Waals surface area contributed by atoms with Crippen molar-refractivity contribution in [1.29, 1.82) is 0 Å². The maximum Gasteiger partial charge on any atom is 0.0460 e. The number of rotatable bonds is 2. The summed E-state index contributed by atoms with van der Waals surface area (Å²) in [6.07, 6.45) is 12.4. The molecule has 29 heavy (non-hydrogen) atoms. The van der Waals surface area contributed by atoms with Crippen LogP contribution in [-0.4, -0.2) is 6.26 Å². The van der Waals surface area contributed by atoms with Gasteiger partial charge in [0.15, 0.2) is 0 Å². The third-order valence-corrected chi connectivity index (χ3v) is 8.76. The third-order valence-electron chi connectivity index (χ3n) is 5.57. The molecule has 0 atom stereocenters. The molecule has 3 aromatic carbocycles. The second-order valence-corrected chi connectivity index (χ2v) is 10.1. The largest absolute Gasteiger partial charge is 0.134 e. The summed E-state index contributed by atoms with van der Waals surface area (Å²) in [6, 6.07) is 19.8. The first kappa shape index (κ1) is 17.5. The van der Waals surface area contributed by atoms with E-state index in [0.717, 1.165) is 6.42 Å². The van der Waals surface area contributed by atoms with E-state index in [9.17, 15) is 0 Å². The van der Waals surface area contributed by atoms with Crippen molar-refractivity contribution >= 4 is 76.8 Å². The Kier molecular flexibility index (Phi) is 4.15. The minimum Gasteiger partial charge on any atom is -0.134 e. The van der Waals surface area contributed by atoms with Gasteiger partial charge in [0, 0.05) is 51.2 Å². The molecule has 0 N–H and O–H groups in total. The SMILES string of the molecule is CSc1c(-c2ccccc2)c2sc3c(c2c2sc4ccccc4c12)C=CCC=C3. The van der Waals surface area contributed by atoms with E-state index < -0.39 is 0 Å². The molecule has 1 aliphatic rings. The highest BCUT2D eigenvalue weighted by atomic mass is 32.2. The van der Waals surface area contributed by atoms with E-state index in [0.29, 0.717) is 0 Å². The van der Waals surface area contributed by atoms with E-state index in [1.165, 1.54) is 56.7 Å². The van der Waals surface area contributed by atoms with Crippen molar-refractivity contribution in [2.75, 3.05) is 6.26 Å². The monoisotopic (exact) mass is 426 g/mol. The topological polar surface area (TPSA) is 0 Å². The van der Waals surface area contributed by atoms with Crippen LogP contribution in [0, 0.1) is 0 Å². The summed E-state index contributed by atoms with van der Waals surface area (Å²) in [5.41, 5.74) is 4.09. The normalized spacial score (nSPS) is 13.4. The Bertz CT molecular complexity index is 1450. The molecule has 1 aliphatic carbocycles. The van der Waals surface area contributed by atoms with Gasteiger partial charge in [0.2, 0.25) is 0 Å². The first-order valence-electron chi connectivity index (χ1n) is 9.73. The molecule has 0 nitrogen and oxygen atoms in total. The fraction of sp³-hybridized carbons (Fsp3) is 0.0769. The van der Waals surface area contributed by atoms with E-state index in [1.54, 1.807) is 0 Å². The lowest BCUT2D eigenvalue weighted by Crippen LogP contribution is -1.86. The Balaban J connectivity index is 1.92. The number of allylic oxidation sites excluding steroid dienone is 2. The zero-order valence-electron chi connectivity index (χ0n) is 15.9. The van der Waals surface area contributed by atoms with Gasteiger partial charge >= 0.3 is 0 Å². The molecule has 2 aromatic heterocycles. The molecule has 3 heteroatoms. The summed E-state index contributed by atoms with van der Waals surface area (Å²) in [6.45, 7) is 0. The number of thiophene rings is 2. The predicted molar refractivity (Wildman–Crippen MR) is 135 cm³/mol. The third kappa shape index (κ3) is 2.58. The molecule has 0 saturated carbocycles. The first-order valence-corrected chi connectivity index (χ1v) is 12.6. The highest BCUT2D eigenvalue weighted by Crippen LogP contribution is 2.53. The minimum atomic E-state index is 1.01. The van der Waals surface area contributed by atoms with E-state index >= 15 is 0 Å². The van der Waals surface area contributed by atoms with Crippen LogP contribution >= 0.6 is 34.4 Å².